The Labute approximate surface area is 255 Å². The molecule has 12 heteroatoms. The number of pyridine rings is 1. The summed E-state index contributed by atoms with van der Waals surface area (Å²) in [4.78, 5) is 50.9. The minimum atomic E-state index is -1.00. The van der Waals surface area contributed by atoms with Crippen LogP contribution in [0.3, 0.4) is 0 Å². The van der Waals surface area contributed by atoms with E-state index in [9.17, 15) is 19.5 Å². The fourth-order valence-electron chi connectivity index (χ4n) is 4.59. The fourth-order valence-corrected chi connectivity index (χ4v) is 4.59. The van der Waals surface area contributed by atoms with Gasteiger partial charge in [-0.1, -0.05) is 25.8 Å². The van der Waals surface area contributed by atoms with Crippen molar-refractivity contribution in [1.29, 1.82) is 0 Å². The van der Waals surface area contributed by atoms with Gasteiger partial charge in [-0.15, -0.1) is 0 Å². The molecule has 0 aliphatic rings. The van der Waals surface area contributed by atoms with Crippen LogP contribution in [0, 0.1) is 0 Å². The average Bonchev–Trinajstić information content (AvgIpc) is 3.33. The Bertz CT molecular complexity index is 1630. The third-order valence-corrected chi connectivity index (χ3v) is 7.05. The number of carboxylic acid groups (broad SMARTS) is 1. The van der Waals surface area contributed by atoms with E-state index in [1.807, 2.05) is 36.7 Å². The van der Waals surface area contributed by atoms with Crippen molar-refractivity contribution in [3.05, 3.63) is 83.8 Å². The number of imidazole rings is 1. The number of carbonyl (C=O) groups is 3. The first-order valence-electron chi connectivity index (χ1n) is 14.5. The van der Waals surface area contributed by atoms with E-state index in [1.165, 1.54) is 4.90 Å². The van der Waals surface area contributed by atoms with Crippen LogP contribution in [0.1, 0.15) is 61.3 Å². The number of unbranched alkanes of at least 4 members (excludes halogenated alkanes) is 1. The number of hydrogen-bond acceptors (Lipinski definition) is 7. The molecule has 0 fully saturated rings. The molecular formula is C32H37N7O5. The summed E-state index contributed by atoms with van der Waals surface area (Å²) in [6.45, 7) is 4.30. The van der Waals surface area contributed by atoms with Crippen LogP contribution >= 0.6 is 0 Å². The summed E-state index contributed by atoms with van der Waals surface area (Å²) >= 11 is 0. The van der Waals surface area contributed by atoms with Gasteiger partial charge in [0.25, 0.3) is 5.91 Å². The molecule has 4 aromatic rings. The second-order valence-corrected chi connectivity index (χ2v) is 10.3. The number of aliphatic carboxylic acids is 1. The number of carboxylic acids is 1. The summed E-state index contributed by atoms with van der Waals surface area (Å²) in [6.07, 6.45) is 3.20. The SMILES string of the molecule is CCCC[C@@H](C)OC(=O)N=C(N)c1ccc(NCc2nc3cc(C(=O)N(CCC(=O)O)c4ccccn4)ccc3n2C)cc1. The molecule has 0 saturated heterocycles. The summed E-state index contributed by atoms with van der Waals surface area (Å²) in [6, 6.07) is 17.5. The van der Waals surface area contributed by atoms with Crippen molar-refractivity contribution in [2.45, 2.75) is 52.2 Å². The van der Waals surface area contributed by atoms with Crippen LogP contribution in [0.4, 0.5) is 16.3 Å². The quantitative estimate of drug-likeness (QED) is 0.140. The molecule has 44 heavy (non-hydrogen) atoms. The van der Waals surface area contributed by atoms with Crippen LogP contribution in [-0.4, -0.2) is 56.1 Å². The van der Waals surface area contributed by atoms with E-state index in [0.29, 0.717) is 29.0 Å². The van der Waals surface area contributed by atoms with E-state index < -0.39 is 12.1 Å². The van der Waals surface area contributed by atoms with Crippen LogP contribution < -0.4 is 16.0 Å². The van der Waals surface area contributed by atoms with Crippen LogP contribution in [0.5, 0.6) is 0 Å². The number of fused-ring (bicyclic) bond motifs is 1. The number of hydrogen-bond donors (Lipinski definition) is 3. The number of amides is 2. The number of nitrogens with two attached hydrogens (primary N) is 1. The highest BCUT2D eigenvalue weighted by atomic mass is 16.6. The van der Waals surface area contributed by atoms with E-state index in [2.05, 4.69) is 22.2 Å². The first-order valence-corrected chi connectivity index (χ1v) is 14.5. The van der Waals surface area contributed by atoms with Crippen molar-refractivity contribution in [1.82, 2.24) is 14.5 Å². The normalized spacial score (nSPS) is 12.1. The Kier molecular flexibility index (Phi) is 10.6. The van der Waals surface area contributed by atoms with Crippen LogP contribution in [0.2, 0.25) is 0 Å². The highest BCUT2D eigenvalue weighted by molar-refractivity contribution is 6.07. The lowest BCUT2D eigenvalue weighted by atomic mass is 10.1. The third-order valence-electron chi connectivity index (χ3n) is 7.05. The lowest BCUT2D eigenvalue weighted by molar-refractivity contribution is -0.136. The first kappa shape index (κ1) is 31.7. The summed E-state index contributed by atoms with van der Waals surface area (Å²) < 4.78 is 7.22. The van der Waals surface area contributed by atoms with Gasteiger partial charge in [-0.2, -0.15) is 4.99 Å². The maximum absolute atomic E-state index is 13.4. The number of amidine groups is 1. The van der Waals surface area contributed by atoms with E-state index >= 15 is 0 Å². The first-order chi connectivity index (χ1) is 21.2. The standard InChI is InChI=1S/C32H37N7O5/c1-4-5-8-21(2)44-32(43)37-30(33)22-10-13-24(14-11-22)35-20-28-36-25-19-23(12-15-26(25)38(28)3)31(42)39(18-16-29(40)41)27-9-6-7-17-34-27/h6-7,9-15,17,19,21,35H,4-5,8,16,18,20H2,1-3H3,(H,40,41)(H2,33,37,43)/t21-/m1/s1. The van der Waals surface area contributed by atoms with Gasteiger partial charge in [0.05, 0.1) is 24.0 Å². The van der Waals surface area contributed by atoms with Crippen molar-refractivity contribution in [2.75, 3.05) is 16.8 Å². The van der Waals surface area contributed by atoms with E-state index in [0.717, 1.165) is 36.3 Å². The average molecular weight is 600 g/mol. The number of nitrogens with one attached hydrogen (secondary N) is 1. The lowest BCUT2D eigenvalue weighted by Crippen LogP contribution is -2.33. The third kappa shape index (κ3) is 8.18. The monoisotopic (exact) mass is 599 g/mol. The molecule has 0 aliphatic carbocycles. The topological polar surface area (TPSA) is 165 Å². The predicted octanol–water partition coefficient (Wildman–Crippen LogP) is 5.12. The molecule has 1 atom stereocenters. The van der Waals surface area contributed by atoms with Gasteiger partial charge in [-0.05, 0) is 67.9 Å². The maximum atomic E-state index is 13.4. The van der Waals surface area contributed by atoms with Gasteiger partial charge in [-0.25, -0.2) is 14.8 Å². The van der Waals surface area contributed by atoms with Crippen LogP contribution in [0.25, 0.3) is 11.0 Å². The summed E-state index contributed by atoms with van der Waals surface area (Å²) in [5, 5.41) is 12.5. The number of benzene rings is 2. The Morgan fingerprint density at radius 1 is 1.11 bits per heavy atom. The van der Waals surface area contributed by atoms with E-state index in [4.69, 9.17) is 15.5 Å². The van der Waals surface area contributed by atoms with Gasteiger partial charge in [-0.3, -0.25) is 14.5 Å². The number of aromatic nitrogens is 3. The molecule has 0 radical (unpaired) electrons. The van der Waals surface area contributed by atoms with E-state index in [-0.39, 0.29) is 30.8 Å². The van der Waals surface area contributed by atoms with Crippen molar-refractivity contribution >= 4 is 46.3 Å². The molecule has 4 N–H and O–H groups in total. The number of nitrogens with zero attached hydrogens (tertiary/aromatic N) is 5. The Hall–Kier alpha value is -5.26. The summed E-state index contributed by atoms with van der Waals surface area (Å²) in [5.74, 6) is -0.174. The number of carbonyl (C=O) groups excluding carboxylic acids is 2. The highest BCUT2D eigenvalue weighted by Gasteiger charge is 2.21. The predicted molar refractivity (Wildman–Crippen MR) is 169 cm³/mol. The minimum Gasteiger partial charge on any atom is -0.481 e. The number of rotatable bonds is 13. The molecular weight excluding hydrogens is 562 g/mol. The number of ether oxygens (including phenoxy) is 1. The fraction of sp³-hybridized carbons (Fsp3) is 0.312. The zero-order valence-corrected chi connectivity index (χ0v) is 25.1. The second kappa shape index (κ2) is 14.8. The molecule has 2 aromatic carbocycles. The molecule has 0 aliphatic heterocycles. The zero-order valence-electron chi connectivity index (χ0n) is 25.1. The molecule has 0 spiro atoms. The van der Waals surface area contributed by atoms with Gasteiger partial charge in [0, 0.05) is 36.6 Å². The zero-order chi connectivity index (χ0) is 31.6. The number of aryl methyl sites for hydroxylation is 1. The summed E-state index contributed by atoms with van der Waals surface area (Å²) in [7, 11) is 1.89. The van der Waals surface area contributed by atoms with Crippen molar-refractivity contribution in [2.24, 2.45) is 17.8 Å². The van der Waals surface area contributed by atoms with Gasteiger partial charge in [0.1, 0.15) is 23.6 Å². The second-order valence-electron chi connectivity index (χ2n) is 10.3. The molecule has 0 saturated carbocycles. The lowest BCUT2D eigenvalue weighted by Gasteiger charge is -2.21. The molecule has 230 valence electrons. The largest absolute Gasteiger partial charge is 0.481 e. The Morgan fingerprint density at radius 2 is 1.86 bits per heavy atom. The van der Waals surface area contributed by atoms with Gasteiger partial charge in [0.2, 0.25) is 0 Å². The van der Waals surface area contributed by atoms with Gasteiger partial charge >= 0.3 is 12.1 Å². The minimum absolute atomic E-state index is 0.0146. The Balaban J connectivity index is 1.43. The molecule has 0 bridgehead atoms. The van der Waals surface area contributed by atoms with Crippen LogP contribution in [0.15, 0.2) is 71.9 Å². The summed E-state index contributed by atoms with van der Waals surface area (Å²) in [5.41, 5.74) is 9.27. The molecule has 4 rings (SSSR count). The number of anilines is 2. The van der Waals surface area contributed by atoms with Crippen molar-refractivity contribution in [3.8, 4) is 0 Å². The smallest absolute Gasteiger partial charge is 0.435 e. The molecule has 2 amide bonds. The molecule has 2 heterocycles. The molecule has 12 nitrogen and oxygen atoms in total. The maximum Gasteiger partial charge on any atom is 0.435 e. The highest BCUT2D eigenvalue weighted by Crippen LogP contribution is 2.21. The van der Waals surface area contributed by atoms with Crippen molar-refractivity contribution in [3.63, 3.8) is 0 Å². The Morgan fingerprint density at radius 3 is 2.55 bits per heavy atom. The van der Waals surface area contributed by atoms with E-state index in [1.54, 1.807) is 48.7 Å². The van der Waals surface area contributed by atoms with Gasteiger partial charge < -0.3 is 25.5 Å². The van der Waals surface area contributed by atoms with Gasteiger partial charge in [0.15, 0.2) is 0 Å². The molecule has 2 aromatic heterocycles. The van der Waals surface area contributed by atoms with Crippen molar-refractivity contribution < 1.29 is 24.2 Å². The molecule has 0 unspecified atom stereocenters. The van der Waals surface area contributed by atoms with Crippen LogP contribution in [-0.2, 0) is 23.1 Å². The number of aliphatic imine (C=N–C) groups is 1.